The van der Waals surface area contributed by atoms with Crippen LogP contribution in [0.25, 0.3) is 0 Å². The Kier molecular flexibility index (Phi) is 6.52. The Bertz CT molecular complexity index is 936. The van der Waals surface area contributed by atoms with E-state index < -0.39 is 6.10 Å². The maximum Gasteiger partial charge on any atom is 0.261 e. The predicted molar refractivity (Wildman–Crippen MR) is 113 cm³/mol. The van der Waals surface area contributed by atoms with Crippen LogP contribution in [0.15, 0.2) is 59.1 Å². The summed E-state index contributed by atoms with van der Waals surface area (Å²) in [6.45, 7) is 6.89. The second-order valence-electron chi connectivity index (χ2n) is 6.72. The van der Waals surface area contributed by atoms with Gasteiger partial charge in [-0.1, -0.05) is 46.3 Å². The van der Waals surface area contributed by atoms with E-state index in [0.717, 1.165) is 21.4 Å². The number of nitrogens with zero attached hydrogens (tertiary/aromatic N) is 2. The lowest BCUT2D eigenvalue weighted by molar-refractivity contribution is -0.127. The predicted octanol–water partition coefficient (Wildman–Crippen LogP) is 4.39. The van der Waals surface area contributed by atoms with Gasteiger partial charge >= 0.3 is 0 Å². The molecule has 1 heterocycles. The highest BCUT2D eigenvalue weighted by Crippen LogP contribution is 2.18. The molecule has 2 aromatic carbocycles. The molecule has 28 heavy (non-hydrogen) atoms. The smallest absolute Gasteiger partial charge is 0.261 e. The summed E-state index contributed by atoms with van der Waals surface area (Å²) < 4.78 is 8.66. The zero-order chi connectivity index (χ0) is 20.1. The van der Waals surface area contributed by atoms with Crippen molar-refractivity contribution in [3.63, 3.8) is 0 Å². The number of halogens is 1. The van der Waals surface area contributed by atoms with Gasteiger partial charge in [0.2, 0.25) is 0 Å². The van der Waals surface area contributed by atoms with Crippen molar-refractivity contribution in [3.8, 4) is 5.75 Å². The summed E-state index contributed by atoms with van der Waals surface area (Å²) in [6, 6.07) is 17.6. The van der Waals surface area contributed by atoms with Gasteiger partial charge < -0.3 is 10.1 Å². The fourth-order valence-corrected chi connectivity index (χ4v) is 3.25. The van der Waals surface area contributed by atoms with E-state index in [9.17, 15) is 4.79 Å². The Labute approximate surface area is 173 Å². The second-order valence-corrected chi connectivity index (χ2v) is 7.64. The van der Waals surface area contributed by atoms with E-state index in [0.29, 0.717) is 18.8 Å². The Balaban J connectivity index is 1.60. The van der Waals surface area contributed by atoms with Gasteiger partial charge in [-0.05, 0) is 50.6 Å². The molecule has 0 unspecified atom stereocenters. The maximum atomic E-state index is 12.4. The van der Waals surface area contributed by atoms with Crippen molar-refractivity contribution >= 4 is 21.8 Å². The Morgan fingerprint density at radius 1 is 1.14 bits per heavy atom. The molecule has 1 aromatic heterocycles. The Morgan fingerprint density at radius 2 is 1.82 bits per heavy atom. The highest BCUT2D eigenvalue weighted by molar-refractivity contribution is 9.10. The standard InChI is InChI=1S/C22H24BrN3O2/c1-15-21(16(2)26(25-15)14-18-7-5-4-6-8-18)13-24-22(27)17(3)28-20-11-9-19(23)10-12-20/h4-12,17H,13-14H2,1-3H3,(H,24,27)/t17-/m0/s1. The number of aromatic nitrogens is 2. The summed E-state index contributed by atoms with van der Waals surface area (Å²) in [5.74, 6) is 0.506. The molecule has 0 saturated carbocycles. The van der Waals surface area contributed by atoms with Crippen LogP contribution in [-0.2, 0) is 17.9 Å². The lowest BCUT2D eigenvalue weighted by atomic mass is 10.2. The van der Waals surface area contributed by atoms with Gasteiger partial charge in [0, 0.05) is 22.3 Å². The summed E-state index contributed by atoms with van der Waals surface area (Å²) in [6.07, 6.45) is -0.582. The molecule has 0 spiro atoms. The SMILES string of the molecule is Cc1nn(Cc2ccccc2)c(C)c1CNC(=O)[C@H](C)Oc1ccc(Br)cc1. The zero-order valence-corrected chi connectivity index (χ0v) is 17.9. The van der Waals surface area contributed by atoms with Crippen molar-refractivity contribution in [3.05, 3.63) is 81.6 Å². The van der Waals surface area contributed by atoms with E-state index in [-0.39, 0.29) is 5.91 Å². The second kappa shape index (κ2) is 9.06. The van der Waals surface area contributed by atoms with Crippen LogP contribution in [0, 0.1) is 13.8 Å². The van der Waals surface area contributed by atoms with Gasteiger partial charge in [-0.15, -0.1) is 0 Å². The van der Waals surface area contributed by atoms with Crippen LogP contribution < -0.4 is 10.1 Å². The number of amides is 1. The lowest BCUT2D eigenvalue weighted by Crippen LogP contribution is -2.36. The molecule has 0 aliphatic carbocycles. The van der Waals surface area contributed by atoms with Gasteiger partial charge in [0.25, 0.3) is 5.91 Å². The van der Waals surface area contributed by atoms with Crippen LogP contribution in [-0.4, -0.2) is 21.8 Å². The number of carbonyl (C=O) groups excluding carboxylic acids is 1. The number of hydrogen-bond donors (Lipinski definition) is 1. The monoisotopic (exact) mass is 441 g/mol. The minimum atomic E-state index is -0.582. The largest absolute Gasteiger partial charge is 0.481 e. The molecule has 146 valence electrons. The molecule has 0 saturated heterocycles. The normalized spacial score (nSPS) is 11.9. The van der Waals surface area contributed by atoms with Gasteiger partial charge in [0.15, 0.2) is 6.10 Å². The van der Waals surface area contributed by atoms with E-state index >= 15 is 0 Å². The molecule has 0 fully saturated rings. The molecule has 1 amide bonds. The van der Waals surface area contributed by atoms with E-state index in [1.54, 1.807) is 6.92 Å². The van der Waals surface area contributed by atoms with Crippen molar-refractivity contribution in [2.75, 3.05) is 0 Å². The zero-order valence-electron chi connectivity index (χ0n) is 16.3. The van der Waals surface area contributed by atoms with Crippen LogP contribution in [0.1, 0.15) is 29.4 Å². The molecule has 0 aliphatic rings. The van der Waals surface area contributed by atoms with Crippen molar-refractivity contribution in [1.29, 1.82) is 0 Å². The third kappa shape index (κ3) is 5.01. The van der Waals surface area contributed by atoms with E-state index in [1.807, 2.05) is 61.0 Å². The topological polar surface area (TPSA) is 56.2 Å². The van der Waals surface area contributed by atoms with Crippen LogP contribution in [0.2, 0.25) is 0 Å². The van der Waals surface area contributed by atoms with Gasteiger partial charge in [0.1, 0.15) is 5.75 Å². The number of nitrogens with one attached hydrogen (secondary N) is 1. The highest BCUT2D eigenvalue weighted by Gasteiger charge is 2.17. The van der Waals surface area contributed by atoms with Crippen LogP contribution in [0.5, 0.6) is 5.75 Å². The number of ether oxygens (including phenoxy) is 1. The van der Waals surface area contributed by atoms with Crippen molar-refractivity contribution in [2.45, 2.75) is 40.0 Å². The first kappa shape index (κ1) is 20.1. The molecule has 3 rings (SSSR count). The van der Waals surface area contributed by atoms with Crippen LogP contribution in [0.3, 0.4) is 0 Å². The molecule has 3 aromatic rings. The van der Waals surface area contributed by atoms with Crippen molar-refractivity contribution in [1.82, 2.24) is 15.1 Å². The lowest BCUT2D eigenvalue weighted by Gasteiger charge is -2.15. The Hall–Kier alpha value is -2.60. The summed E-state index contributed by atoms with van der Waals surface area (Å²) in [4.78, 5) is 12.4. The number of rotatable bonds is 7. The van der Waals surface area contributed by atoms with Crippen molar-refractivity contribution < 1.29 is 9.53 Å². The first-order chi connectivity index (χ1) is 13.4. The van der Waals surface area contributed by atoms with E-state index in [4.69, 9.17) is 4.74 Å². The van der Waals surface area contributed by atoms with Gasteiger partial charge in [0.05, 0.1) is 12.2 Å². The quantitative estimate of drug-likeness (QED) is 0.591. The van der Waals surface area contributed by atoms with Gasteiger partial charge in [-0.3, -0.25) is 9.48 Å². The minimum absolute atomic E-state index is 0.155. The van der Waals surface area contributed by atoms with Gasteiger partial charge in [-0.2, -0.15) is 5.10 Å². The highest BCUT2D eigenvalue weighted by atomic mass is 79.9. The number of hydrogen-bond acceptors (Lipinski definition) is 3. The summed E-state index contributed by atoms with van der Waals surface area (Å²) in [5.41, 5.74) is 4.22. The van der Waals surface area contributed by atoms with Crippen LogP contribution in [0.4, 0.5) is 0 Å². The Morgan fingerprint density at radius 3 is 2.50 bits per heavy atom. The molecule has 0 bridgehead atoms. The molecular weight excluding hydrogens is 418 g/mol. The van der Waals surface area contributed by atoms with Crippen molar-refractivity contribution in [2.24, 2.45) is 0 Å². The summed E-state index contributed by atoms with van der Waals surface area (Å²) in [5, 5.41) is 7.60. The van der Waals surface area contributed by atoms with Crippen LogP contribution >= 0.6 is 15.9 Å². The summed E-state index contributed by atoms with van der Waals surface area (Å²) >= 11 is 3.38. The molecule has 0 radical (unpaired) electrons. The molecular formula is C22H24BrN3O2. The minimum Gasteiger partial charge on any atom is -0.481 e. The third-order valence-electron chi connectivity index (χ3n) is 4.64. The number of aryl methyl sites for hydroxylation is 1. The third-order valence-corrected chi connectivity index (χ3v) is 5.17. The molecule has 1 atom stereocenters. The van der Waals surface area contributed by atoms with E-state index in [1.165, 1.54) is 5.56 Å². The number of carbonyl (C=O) groups is 1. The summed E-state index contributed by atoms with van der Waals surface area (Å²) in [7, 11) is 0. The number of benzene rings is 2. The first-order valence-corrected chi connectivity index (χ1v) is 10.00. The maximum absolute atomic E-state index is 12.4. The first-order valence-electron chi connectivity index (χ1n) is 9.21. The average molecular weight is 442 g/mol. The van der Waals surface area contributed by atoms with Gasteiger partial charge in [-0.25, -0.2) is 0 Å². The average Bonchev–Trinajstić information content (AvgIpc) is 2.95. The van der Waals surface area contributed by atoms with E-state index in [2.05, 4.69) is 38.5 Å². The fraction of sp³-hybridized carbons (Fsp3) is 0.273. The molecule has 6 heteroatoms. The molecule has 1 N–H and O–H groups in total. The molecule has 5 nitrogen and oxygen atoms in total. The molecule has 0 aliphatic heterocycles. The fourth-order valence-electron chi connectivity index (χ4n) is 2.99.